The van der Waals surface area contributed by atoms with Crippen LogP contribution in [0, 0.1) is 19.3 Å². The first-order chi connectivity index (χ1) is 8.62. The van der Waals surface area contributed by atoms with Gasteiger partial charge in [0.15, 0.2) is 0 Å². The number of nitrogens with zero attached hydrogens (tertiary/aromatic N) is 1. The summed E-state index contributed by atoms with van der Waals surface area (Å²) in [5, 5.41) is 0. The van der Waals surface area contributed by atoms with E-state index in [1.54, 1.807) is 7.11 Å². The van der Waals surface area contributed by atoms with Gasteiger partial charge in [-0.25, -0.2) is 0 Å². The standard InChI is InChI=1S/C14H20ClNO2/c1-10-7-16-12(11(2)13(10)17-3)6-14(8-15)4-5-18-9-14/h7H,4-6,8-9H2,1-3H3. The van der Waals surface area contributed by atoms with Crippen LogP contribution in [0.15, 0.2) is 6.20 Å². The largest absolute Gasteiger partial charge is 0.496 e. The molecule has 4 heteroatoms. The van der Waals surface area contributed by atoms with Gasteiger partial charge in [-0.05, 0) is 26.7 Å². The number of rotatable bonds is 4. The van der Waals surface area contributed by atoms with Gasteiger partial charge in [0.05, 0.1) is 13.7 Å². The molecular weight excluding hydrogens is 250 g/mol. The SMILES string of the molecule is COc1c(C)cnc(CC2(CCl)CCOC2)c1C. The van der Waals surface area contributed by atoms with Crippen molar-refractivity contribution in [1.82, 2.24) is 4.98 Å². The molecule has 1 saturated heterocycles. The van der Waals surface area contributed by atoms with Crippen molar-refractivity contribution < 1.29 is 9.47 Å². The van der Waals surface area contributed by atoms with Crippen LogP contribution in [0.25, 0.3) is 0 Å². The third-order valence-electron chi connectivity index (χ3n) is 3.76. The van der Waals surface area contributed by atoms with E-state index in [0.717, 1.165) is 48.6 Å². The average molecular weight is 270 g/mol. The zero-order valence-corrected chi connectivity index (χ0v) is 12.0. The summed E-state index contributed by atoms with van der Waals surface area (Å²) in [6.07, 6.45) is 3.74. The maximum atomic E-state index is 6.13. The lowest BCUT2D eigenvalue weighted by molar-refractivity contribution is 0.160. The van der Waals surface area contributed by atoms with Crippen LogP contribution >= 0.6 is 11.6 Å². The Hall–Kier alpha value is -0.800. The van der Waals surface area contributed by atoms with Crippen LogP contribution in [-0.4, -0.2) is 31.2 Å². The monoisotopic (exact) mass is 269 g/mol. The van der Waals surface area contributed by atoms with E-state index in [0.29, 0.717) is 5.88 Å². The normalized spacial score (nSPS) is 23.3. The van der Waals surface area contributed by atoms with Crippen LogP contribution in [0.2, 0.25) is 0 Å². The number of ether oxygens (including phenoxy) is 2. The molecule has 0 N–H and O–H groups in total. The van der Waals surface area contributed by atoms with E-state index in [1.165, 1.54) is 0 Å². The average Bonchev–Trinajstić information content (AvgIpc) is 2.83. The summed E-state index contributed by atoms with van der Waals surface area (Å²) in [6, 6.07) is 0. The predicted molar refractivity (Wildman–Crippen MR) is 72.6 cm³/mol. The van der Waals surface area contributed by atoms with Crippen LogP contribution < -0.4 is 4.74 Å². The Morgan fingerprint density at radius 2 is 2.28 bits per heavy atom. The summed E-state index contributed by atoms with van der Waals surface area (Å²) >= 11 is 6.13. The lowest BCUT2D eigenvalue weighted by atomic mass is 9.83. The molecule has 1 fully saturated rings. The highest BCUT2D eigenvalue weighted by atomic mass is 35.5. The van der Waals surface area contributed by atoms with Gasteiger partial charge in [-0.3, -0.25) is 4.98 Å². The van der Waals surface area contributed by atoms with Crippen molar-refractivity contribution in [3.63, 3.8) is 0 Å². The van der Waals surface area contributed by atoms with E-state index in [4.69, 9.17) is 21.1 Å². The third kappa shape index (κ3) is 2.47. The third-order valence-corrected chi connectivity index (χ3v) is 4.33. The van der Waals surface area contributed by atoms with Crippen LogP contribution in [0.5, 0.6) is 5.75 Å². The number of methoxy groups -OCH3 is 1. The van der Waals surface area contributed by atoms with Crippen molar-refractivity contribution in [2.24, 2.45) is 5.41 Å². The molecule has 1 aromatic heterocycles. The van der Waals surface area contributed by atoms with Crippen LogP contribution in [0.4, 0.5) is 0 Å². The number of aryl methyl sites for hydroxylation is 1. The zero-order chi connectivity index (χ0) is 13.2. The Kier molecular flexibility index (Phi) is 4.13. The Bertz CT molecular complexity index is 428. The fourth-order valence-corrected chi connectivity index (χ4v) is 2.85. The molecule has 3 nitrogen and oxygen atoms in total. The van der Waals surface area contributed by atoms with Crippen molar-refractivity contribution in [1.29, 1.82) is 0 Å². The summed E-state index contributed by atoms with van der Waals surface area (Å²) in [5.74, 6) is 1.55. The number of hydrogen-bond donors (Lipinski definition) is 0. The molecule has 18 heavy (non-hydrogen) atoms. The van der Waals surface area contributed by atoms with Crippen molar-refractivity contribution in [2.75, 3.05) is 26.2 Å². The quantitative estimate of drug-likeness (QED) is 0.788. The highest BCUT2D eigenvalue weighted by Gasteiger charge is 2.35. The molecule has 0 amide bonds. The van der Waals surface area contributed by atoms with Crippen LogP contribution in [0.1, 0.15) is 23.2 Å². The lowest BCUT2D eigenvalue weighted by Gasteiger charge is -2.25. The minimum atomic E-state index is 0.0413. The Balaban J connectivity index is 2.29. The van der Waals surface area contributed by atoms with Gasteiger partial charge in [-0.1, -0.05) is 0 Å². The Morgan fingerprint density at radius 3 is 2.83 bits per heavy atom. The van der Waals surface area contributed by atoms with E-state index in [-0.39, 0.29) is 5.41 Å². The topological polar surface area (TPSA) is 31.4 Å². The molecule has 2 heterocycles. The van der Waals surface area contributed by atoms with E-state index in [9.17, 15) is 0 Å². The summed E-state index contributed by atoms with van der Waals surface area (Å²) in [7, 11) is 1.70. The van der Waals surface area contributed by atoms with Gasteiger partial charge in [-0.15, -0.1) is 11.6 Å². The van der Waals surface area contributed by atoms with Crippen molar-refractivity contribution in [3.8, 4) is 5.75 Å². The molecule has 0 aliphatic carbocycles. The molecule has 1 unspecified atom stereocenters. The maximum Gasteiger partial charge on any atom is 0.128 e. The lowest BCUT2D eigenvalue weighted by Crippen LogP contribution is -2.27. The number of pyridine rings is 1. The molecule has 0 spiro atoms. The highest BCUT2D eigenvalue weighted by Crippen LogP contribution is 2.36. The van der Waals surface area contributed by atoms with Gasteiger partial charge in [-0.2, -0.15) is 0 Å². The van der Waals surface area contributed by atoms with Crippen molar-refractivity contribution in [3.05, 3.63) is 23.0 Å². The second-order valence-electron chi connectivity index (χ2n) is 5.16. The maximum absolute atomic E-state index is 6.13. The molecule has 1 aromatic rings. The molecule has 0 bridgehead atoms. The molecular formula is C14H20ClNO2. The summed E-state index contributed by atoms with van der Waals surface area (Å²) < 4.78 is 10.9. The smallest absolute Gasteiger partial charge is 0.128 e. The zero-order valence-electron chi connectivity index (χ0n) is 11.3. The molecule has 0 radical (unpaired) electrons. The summed E-state index contributed by atoms with van der Waals surface area (Å²) in [4.78, 5) is 4.55. The second-order valence-corrected chi connectivity index (χ2v) is 5.43. The molecule has 1 aliphatic rings. The molecule has 0 aromatic carbocycles. The van der Waals surface area contributed by atoms with Gasteiger partial charge in [0.25, 0.3) is 0 Å². The minimum absolute atomic E-state index is 0.0413. The van der Waals surface area contributed by atoms with Crippen molar-refractivity contribution >= 4 is 11.6 Å². The van der Waals surface area contributed by atoms with Gasteiger partial charge in [0.2, 0.25) is 0 Å². The Labute approximate surface area is 113 Å². The summed E-state index contributed by atoms with van der Waals surface area (Å²) in [5.41, 5.74) is 3.30. The second kappa shape index (κ2) is 5.45. The van der Waals surface area contributed by atoms with Crippen molar-refractivity contribution in [2.45, 2.75) is 26.7 Å². The minimum Gasteiger partial charge on any atom is -0.496 e. The molecule has 1 atom stereocenters. The van der Waals surface area contributed by atoms with E-state index < -0.39 is 0 Å². The first kappa shape index (κ1) is 13.6. The van der Waals surface area contributed by atoms with Gasteiger partial charge in [0, 0.05) is 40.9 Å². The number of aromatic nitrogens is 1. The number of halogens is 1. The first-order valence-electron chi connectivity index (χ1n) is 6.25. The summed E-state index contributed by atoms with van der Waals surface area (Å²) in [6.45, 7) is 5.60. The van der Waals surface area contributed by atoms with E-state index >= 15 is 0 Å². The molecule has 2 rings (SSSR count). The number of hydrogen-bond acceptors (Lipinski definition) is 3. The van der Waals surface area contributed by atoms with Gasteiger partial charge in [0.1, 0.15) is 5.75 Å². The first-order valence-corrected chi connectivity index (χ1v) is 6.78. The predicted octanol–water partition coefficient (Wildman–Crippen LogP) is 2.90. The Morgan fingerprint density at radius 1 is 1.50 bits per heavy atom. The van der Waals surface area contributed by atoms with E-state index in [1.807, 2.05) is 13.1 Å². The van der Waals surface area contributed by atoms with Crippen LogP contribution in [-0.2, 0) is 11.2 Å². The van der Waals surface area contributed by atoms with Gasteiger partial charge < -0.3 is 9.47 Å². The molecule has 100 valence electrons. The van der Waals surface area contributed by atoms with E-state index in [2.05, 4.69) is 11.9 Å². The molecule has 0 saturated carbocycles. The van der Waals surface area contributed by atoms with Gasteiger partial charge >= 0.3 is 0 Å². The molecule has 1 aliphatic heterocycles. The fraction of sp³-hybridized carbons (Fsp3) is 0.643. The van der Waals surface area contributed by atoms with Crippen LogP contribution in [0.3, 0.4) is 0 Å². The fourth-order valence-electron chi connectivity index (χ4n) is 2.55. The highest BCUT2D eigenvalue weighted by molar-refractivity contribution is 6.18. The number of alkyl halides is 1.